The number of furan rings is 1. The number of rotatable bonds is 12. The van der Waals surface area contributed by atoms with Gasteiger partial charge in [-0.2, -0.15) is 11.8 Å². The lowest BCUT2D eigenvalue weighted by atomic mass is 10.1. The highest BCUT2D eigenvalue weighted by Crippen LogP contribution is 2.33. The van der Waals surface area contributed by atoms with Crippen molar-refractivity contribution in [1.82, 2.24) is 15.3 Å². The Balaban J connectivity index is 1.15. The van der Waals surface area contributed by atoms with Gasteiger partial charge in [0.25, 0.3) is 0 Å². The van der Waals surface area contributed by atoms with Crippen molar-refractivity contribution in [2.24, 2.45) is 0 Å². The van der Waals surface area contributed by atoms with Gasteiger partial charge in [-0.3, -0.25) is 0 Å². The molecule has 2 N–H and O–H groups in total. The number of ether oxygens (including phenoxy) is 1. The van der Waals surface area contributed by atoms with E-state index in [0.29, 0.717) is 23.4 Å². The lowest BCUT2D eigenvalue weighted by molar-refractivity contribution is 0.305. The normalized spacial score (nSPS) is 13.8. The summed E-state index contributed by atoms with van der Waals surface area (Å²) < 4.78 is 25.6. The van der Waals surface area contributed by atoms with E-state index < -0.39 is 0 Å². The van der Waals surface area contributed by atoms with Crippen LogP contribution in [0, 0.1) is 5.82 Å². The zero-order chi connectivity index (χ0) is 28.2. The molecule has 9 heteroatoms. The van der Waals surface area contributed by atoms with Crippen LogP contribution in [0.5, 0.6) is 5.75 Å². The molecule has 1 saturated carbocycles. The van der Waals surface area contributed by atoms with E-state index in [-0.39, 0.29) is 18.5 Å². The second-order valence-corrected chi connectivity index (χ2v) is 11.5. The summed E-state index contributed by atoms with van der Waals surface area (Å²) >= 11 is 8.31. The highest BCUT2D eigenvalue weighted by Gasteiger charge is 2.27. The van der Waals surface area contributed by atoms with Crippen LogP contribution in [-0.2, 0) is 13.2 Å². The van der Waals surface area contributed by atoms with Gasteiger partial charge in [0.1, 0.15) is 41.8 Å². The van der Waals surface area contributed by atoms with E-state index in [1.165, 1.54) is 25.0 Å². The van der Waals surface area contributed by atoms with Gasteiger partial charge < -0.3 is 19.8 Å². The highest BCUT2D eigenvalue weighted by atomic mass is 35.5. The molecule has 1 aliphatic carbocycles. The minimum atomic E-state index is -0.294. The van der Waals surface area contributed by atoms with Gasteiger partial charge in [0.2, 0.25) is 0 Å². The second kappa shape index (κ2) is 12.5. The topological polar surface area (TPSA) is 72.2 Å². The van der Waals surface area contributed by atoms with Crippen molar-refractivity contribution >= 4 is 40.1 Å². The van der Waals surface area contributed by atoms with Crippen LogP contribution >= 0.6 is 23.4 Å². The molecule has 210 valence electrons. The number of thioether (sulfide) groups is 1. The monoisotopic (exact) mass is 588 g/mol. The third-order valence-electron chi connectivity index (χ3n) is 6.98. The maximum absolute atomic E-state index is 13.4. The van der Waals surface area contributed by atoms with Crippen LogP contribution in [0.4, 0.5) is 10.2 Å². The largest absolute Gasteiger partial charge is 0.487 e. The predicted octanol–water partition coefficient (Wildman–Crippen LogP) is 8.03. The summed E-state index contributed by atoms with van der Waals surface area (Å²) in [6.45, 7) is 0.741. The van der Waals surface area contributed by atoms with Gasteiger partial charge in [0.05, 0.1) is 16.6 Å². The molecular weight excluding hydrogens is 559 g/mol. The Hall–Kier alpha value is -3.59. The van der Waals surface area contributed by atoms with Crippen LogP contribution in [-0.4, -0.2) is 28.0 Å². The van der Waals surface area contributed by atoms with Crippen molar-refractivity contribution in [3.8, 4) is 17.1 Å². The van der Waals surface area contributed by atoms with Crippen molar-refractivity contribution in [2.45, 2.75) is 38.1 Å². The number of nitrogens with one attached hydrogen (secondary N) is 2. The number of halogens is 2. The zero-order valence-electron chi connectivity index (χ0n) is 22.6. The Bertz CT molecular complexity index is 1660. The molecule has 0 spiro atoms. The Labute approximate surface area is 247 Å². The molecule has 1 fully saturated rings. The predicted molar refractivity (Wildman–Crippen MR) is 164 cm³/mol. The fourth-order valence-corrected chi connectivity index (χ4v) is 5.56. The molecule has 2 heterocycles. The molecule has 41 heavy (non-hydrogen) atoms. The number of hydrogen-bond acceptors (Lipinski definition) is 7. The van der Waals surface area contributed by atoms with E-state index in [0.717, 1.165) is 50.7 Å². The van der Waals surface area contributed by atoms with Gasteiger partial charge in [-0.25, -0.2) is 14.4 Å². The Morgan fingerprint density at radius 2 is 1.95 bits per heavy atom. The number of fused-ring (bicyclic) bond motifs is 1. The van der Waals surface area contributed by atoms with Gasteiger partial charge >= 0.3 is 0 Å². The zero-order valence-corrected chi connectivity index (χ0v) is 24.1. The first-order valence-electron chi connectivity index (χ1n) is 13.5. The summed E-state index contributed by atoms with van der Waals surface area (Å²) in [7, 11) is 0. The molecule has 1 atom stereocenters. The molecule has 6 rings (SSSR count). The van der Waals surface area contributed by atoms with E-state index in [9.17, 15) is 4.39 Å². The first kappa shape index (κ1) is 27.6. The van der Waals surface area contributed by atoms with E-state index in [4.69, 9.17) is 20.8 Å². The molecule has 6 nitrogen and oxygen atoms in total. The Morgan fingerprint density at radius 1 is 1.05 bits per heavy atom. The summed E-state index contributed by atoms with van der Waals surface area (Å²) in [5.41, 5.74) is 3.52. The minimum Gasteiger partial charge on any atom is -0.487 e. The second-order valence-electron chi connectivity index (χ2n) is 10.1. The summed E-state index contributed by atoms with van der Waals surface area (Å²) in [5.74, 6) is 3.72. The molecule has 1 aliphatic rings. The molecule has 1 unspecified atom stereocenters. The SMILES string of the molecule is CSCC(NC1CC1)c1ccc(-c2ccc3ncnc(NCc4ccc(OCc5cccc(F)c5)c(Cl)c4)c3c2)o1. The van der Waals surface area contributed by atoms with Crippen molar-refractivity contribution in [2.75, 3.05) is 17.3 Å². The van der Waals surface area contributed by atoms with Crippen LogP contribution in [0.25, 0.3) is 22.2 Å². The molecule has 0 saturated heterocycles. The summed E-state index contributed by atoms with van der Waals surface area (Å²) in [6.07, 6.45) is 6.15. The fraction of sp³-hybridized carbons (Fsp3) is 0.250. The maximum Gasteiger partial charge on any atom is 0.138 e. The summed E-state index contributed by atoms with van der Waals surface area (Å²) in [6, 6.07) is 23.0. The highest BCUT2D eigenvalue weighted by molar-refractivity contribution is 7.98. The number of hydrogen-bond donors (Lipinski definition) is 2. The van der Waals surface area contributed by atoms with Crippen LogP contribution in [0.3, 0.4) is 0 Å². The molecular formula is C32H30ClFN4O2S. The number of aromatic nitrogens is 2. The third kappa shape index (κ3) is 6.84. The summed E-state index contributed by atoms with van der Waals surface area (Å²) in [5, 5.41) is 8.51. The number of benzene rings is 3. The van der Waals surface area contributed by atoms with Gasteiger partial charge in [0.15, 0.2) is 0 Å². The van der Waals surface area contributed by atoms with Crippen molar-refractivity contribution in [3.63, 3.8) is 0 Å². The lowest BCUT2D eigenvalue weighted by Crippen LogP contribution is -2.24. The fourth-order valence-electron chi connectivity index (χ4n) is 4.70. The van der Waals surface area contributed by atoms with Crippen molar-refractivity contribution in [1.29, 1.82) is 0 Å². The molecule has 0 amide bonds. The summed E-state index contributed by atoms with van der Waals surface area (Å²) in [4.78, 5) is 8.96. The standard InChI is InChI=1S/C32H30ClFN4O2S/c1-41-18-28(38-24-7-8-24)31-12-11-29(40-31)22-6-9-27-25(15-22)32(37-19-36-27)35-16-20-5-10-30(26(33)14-20)39-17-21-3-2-4-23(34)13-21/h2-6,9-15,19,24,28,38H,7-8,16-18H2,1H3,(H,35,36,37). The van der Waals surface area contributed by atoms with E-state index in [1.807, 2.05) is 54.2 Å². The maximum atomic E-state index is 13.4. The molecule has 0 radical (unpaired) electrons. The molecule has 0 bridgehead atoms. The quantitative estimate of drug-likeness (QED) is 0.153. The Kier molecular flexibility index (Phi) is 8.41. The Morgan fingerprint density at radius 3 is 2.76 bits per heavy atom. The minimum absolute atomic E-state index is 0.206. The van der Waals surface area contributed by atoms with Gasteiger partial charge in [-0.15, -0.1) is 0 Å². The molecule has 3 aromatic carbocycles. The van der Waals surface area contributed by atoms with Crippen LogP contribution in [0.15, 0.2) is 83.5 Å². The number of anilines is 1. The smallest absolute Gasteiger partial charge is 0.138 e. The lowest BCUT2D eigenvalue weighted by Gasteiger charge is -2.15. The van der Waals surface area contributed by atoms with Crippen LogP contribution in [0.1, 0.15) is 35.8 Å². The van der Waals surface area contributed by atoms with Gasteiger partial charge in [0, 0.05) is 29.3 Å². The van der Waals surface area contributed by atoms with Gasteiger partial charge in [-0.05, 0) is 84.8 Å². The van der Waals surface area contributed by atoms with Crippen molar-refractivity contribution in [3.05, 3.63) is 107 Å². The van der Waals surface area contributed by atoms with E-state index in [1.54, 1.807) is 12.4 Å². The molecule has 2 aromatic heterocycles. The van der Waals surface area contributed by atoms with E-state index >= 15 is 0 Å². The third-order valence-corrected chi connectivity index (χ3v) is 7.94. The van der Waals surface area contributed by atoms with Crippen LogP contribution in [0.2, 0.25) is 5.02 Å². The van der Waals surface area contributed by atoms with Crippen LogP contribution < -0.4 is 15.4 Å². The first-order chi connectivity index (χ1) is 20.1. The molecule has 5 aromatic rings. The van der Waals surface area contributed by atoms with E-state index in [2.05, 4.69) is 39.0 Å². The number of nitrogens with zero attached hydrogens (tertiary/aromatic N) is 2. The average Bonchev–Trinajstić information content (AvgIpc) is 3.66. The van der Waals surface area contributed by atoms with Crippen molar-refractivity contribution < 1.29 is 13.5 Å². The average molecular weight is 589 g/mol. The van der Waals surface area contributed by atoms with Gasteiger partial charge in [-0.1, -0.05) is 29.8 Å². The first-order valence-corrected chi connectivity index (χ1v) is 15.3. The molecule has 0 aliphatic heterocycles.